The number of carbonyl (C=O) groups is 2. The molecule has 27 heavy (non-hydrogen) atoms. The van der Waals surface area contributed by atoms with E-state index in [1.54, 1.807) is 36.1 Å². The summed E-state index contributed by atoms with van der Waals surface area (Å²) in [6.07, 6.45) is 4.91. The van der Waals surface area contributed by atoms with Gasteiger partial charge < -0.3 is 20.0 Å². The Morgan fingerprint density at radius 2 is 1.93 bits per heavy atom. The standard InChI is InChI=1S/C20H29ClN4O2/c1-16-19(26)24(12-6-11-23-9-3-2-4-10-23)13-14-25(16)20(27)22-18-8-5-7-17(21)15-18/h5,7-8,15-16H,2-4,6,9-14H2,1H3,(H,22,27). The van der Waals surface area contributed by atoms with Gasteiger partial charge in [0.1, 0.15) is 6.04 Å². The van der Waals surface area contributed by atoms with Crippen LogP contribution in [0.1, 0.15) is 32.6 Å². The maximum Gasteiger partial charge on any atom is 0.322 e. The molecule has 1 aromatic rings. The zero-order valence-corrected chi connectivity index (χ0v) is 16.7. The van der Waals surface area contributed by atoms with Gasteiger partial charge in [0.25, 0.3) is 0 Å². The quantitative estimate of drug-likeness (QED) is 0.836. The summed E-state index contributed by atoms with van der Waals surface area (Å²) in [4.78, 5) is 31.2. The van der Waals surface area contributed by atoms with E-state index in [9.17, 15) is 9.59 Å². The summed E-state index contributed by atoms with van der Waals surface area (Å²) in [5, 5.41) is 3.39. The van der Waals surface area contributed by atoms with Gasteiger partial charge in [-0.25, -0.2) is 4.79 Å². The lowest BCUT2D eigenvalue weighted by atomic mass is 10.1. The summed E-state index contributed by atoms with van der Waals surface area (Å²) in [5.41, 5.74) is 0.635. The average molecular weight is 393 g/mol. The lowest BCUT2D eigenvalue weighted by Crippen LogP contribution is -2.58. The van der Waals surface area contributed by atoms with E-state index in [-0.39, 0.29) is 11.9 Å². The fourth-order valence-electron chi connectivity index (χ4n) is 3.86. The molecule has 3 amide bonds. The van der Waals surface area contributed by atoms with Gasteiger partial charge in [-0.15, -0.1) is 0 Å². The van der Waals surface area contributed by atoms with Crippen LogP contribution in [-0.2, 0) is 4.79 Å². The number of piperazine rings is 1. The SMILES string of the molecule is CC1C(=O)N(CCCN2CCCCC2)CCN1C(=O)Nc1cccc(Cl)c1. The molecule has 2 aliphatic rings. The number of hydrogen-bond acceptors (Lipinski definition) is 3. The number of hydrogen-bond donors (Lipinski definition) is 1. The fourth-order valence-corrected chi connectivity index (χ4v) is 4.05. The molecular weight excluding hydrogens is 364 g/mol. The third-order valence-electron chi connectivity index (χ3n) is 5.44. The minimum absolute atomic E-state index is 0.0288. The highest BCUT2D eigenvalue weighted by atomic mass is 35.5. The summed E-state index contributed by atoms with van der Waals surface area (Å²) < 4.78 is 0. The first kappa shape index (κ1) is 20.0. The minimum Gasteiger partial charge on any atom is -0.339 e. The van der Waals surface area contributed by atoms with Crippen LogP contribution in [-0.4, -0.2) is 71.9 Å². The number of anilines is 1. The molecule has 0 aromatic heterocycles. The molecule has 6 nitrogen and oxygen atoms in total. The predicted molar refractivity (Wildman–Crippen MR) is 108 cm³/mol. The third-order valence-corrected chi connectivity index (χ3v) is 5.67. The highest BCUT2D eigenvalue weighted by Crippen LogP contribution is 2.18. The molecule has 148 valence electrons. The van der Waals surface area contributed by atoms with Gasteiger partial charge in [0.2, 0.25) is 5.91 Å². The molecule has 0 saturated carbocycles. The van der Waals surface area contributed by atoms with Crippen LogP contribution in [0.5, 0.6) is 0 Å². The summed E-state index contributed by atoms with van der Waals surface area (Å²) in [7, 11) is 0. The second-order valence-corrected chi connectivity index (χ2v) is 7.83. The summed E-state index contributed by atoms with van der Waals surface area (Å²) in [6, 6.07) is 6.31. The van der Waals surface area contributed by atoms with Crippen LogP contribution < -0.4 is 5.32 Å². The van der Waals surface area contributed by atoms with Gasteiger partial charge in [-0.05, 0) is 64.0 Å². The Kier molecular flexibility index (Phi) is 6.96. The molecule has 1 atom stereocenters. The lowest BCUT2D eigenvalue weighted by molar-refractivity contribution is -0.139. The number of benzene rings is 1. The molecule has 2 fully saturated rings. The second-order valence-electron chi connectivity index (χ2n) is 7.39. The van der Waals surface area contributed by atoms with Crippen molar-refractivity contribution < 1.29 is 9.59 Å². The van der Waals surface area contributed by atoms with E-state index in [4.69, 9.17) is 11.6 Å². The van der Waals surface area contributed by atoms with E-state index in [0.29, 0.717) is 23.8 Å². The topological polar surface area (TPSA) is 55.9 Å². The maximum atomic E-state index is 12.7. The summed E-state index contributed by atoms with van der Waals surface area (Å²) in [5.74, 6) is 0.0288. The van der Waals surface area contributed by atoms with E-state index < -0.39 is 6.04 Å². The minimum atomic E-state index is -0.451. The van der Waals surface area contributed by atoms with Crippen LogP contribution in [0.15, 0.2) is 24.3 Å². The highest BCUT2D eigenvalue weighted by molar-refractivity contribution is 6.30. The zero-order chi connectivity index (χ0) is 19.2. The Bertz CT molecular complexity index is 663. The Hall–Kier alpha value is -1.79. The number of amides is 3. The number of nitrogens with one attached hydrogen (secondary N) is 1. The molecule has 2 heterocycles. The van der Waals surface area contributed by atoms with Gasteiger partial charge in [-0.2, -0.15) is 0 Å². The highest BCUT2D eigenvalue weighted by Gasteiger charge is 2.34. The Morgan fingerprint density at radius 3 is 2.67 bits per heavy atom. The van der Waals surface area contributed by atoms with Gasteiger partial charge in [-0.1, -0.05) is 24.1 Å². The van der Waals surface area contributed by atoms with Crippen LogP contribution in [0.3, 0.4) is 0 Å². The van der Waals surface area contributed by atoms with Gasteiger partial charge in [0.05, 0.1) is 0 Å². The lowest BCUT2D eigenvalue weighted by Gasteiger charge is -2.39. The number of likely N-dealkylation sites (tertiary alicyclic amines) is 1. The normalized spacial score (nSPS) is 21.4. The van der Waals surface area contributed by atoms with E-state index in [2.05, 4.69) is 10.2 Å². The molecule has 2 aliphatic heterocycles. The van der Waals surface area contributed by atoms with E-state index in [0.717, 1.165) is 19.5 Å². The van der Waals surface area contributed by atoms with E-state index >= 15 is 0 Å². The van der Waals surface area contributed by atoms with E-state index in [1.807, 2.05) is 4.90 Å². The van der Waals surface area contributed by atoms with Crippen molar-refractivity contribution in [3.63, 3.8) is 0 Å². The first-order chi connectivity index (χ1) is 13.0. The van der Waals surface area contributed by atoms with Gasteiger partial charge in [-0.3, -0.25) is 4.79 Å². The maximum absolute atomic E-state index is 12.7. The van der Waals surface area contributed by atoms with Crippen LogP contribution >= 0.6 is 11.6 Å². The van der Waals surface area contributed by atoms with Crippen LogP contribution in [0.25, 0.3) is 0 Å². The van der Waals surface area contributed by atoms with Crippen molar-refractivity contribution in [2.24, 2.45) is 0 Å². The largest absolute Gasteiger partial charge is 0.339 e. The number of rotatable bonds is 5. The van der Waals surface area contributed by atoms with Crippen molar-refractivity contribution in [1.82, 2.24) is 14.7 Å². The number of nitrogens with zero attached hydrogens (tertiary/aromatic N) is 3. The van der Waals surface area contributed by atoms with Gasteiger partial charge in [0, 0.05) is 30.3 Å². The zero-order valence-electron chi connectivity index (χ0n) is 16.0. The van der Waals surface area contributed by atoms with Crippen molar-refractivity contribution in [1.29, 1.82) is 0 Å². The first-order valence-electron chi connectivity index (χ1n) is 9.89. The molecule has 1 unspecified atom stereocenters. The van der Waals surface area contributed by atoms with Crippen molar-refractivity contribution in [2.75, 3.05) is 44.6 Å². The van der Waals surface area contributed by atoms with Crippen LogP contribution in [0, 0.1) is 0 Å². The molecule has 0 aliphatic carbocycles. The summed E-state index contributed by atoms with van der Waals surface area (Å²) in [6.45, 7) is 7.12. The molecule has 7 heteroatoms. The second kappa shape index (κ2) is 9.42. The molecule has 0 bridgehead atoms. The number of piperidine rings is 1. The molecule has 1 N–H and O–H groups in total. The Labute approximate surface area is 166 Å². The monoisotopic (exact) mass is 392 g/mol. The first-order valence-corrected chi connectivity index (χ1v) is 10.3. The molecular formula is C20H29ClN4O2. The average Bonchev–Trinajstić information content (AvgIpc) is 2.66. The Balaban J connectivity index is 1.47. The summed E-state index contributed by atoms with van der Waals surface area (Å²) >= 11 is 5.96. The number of halogens is 1. The van der Waals surface area contributed by atoms with Gasteiger partial charge in [0.15, 0.2) is 0 Å². The van der Waals surface area contributed by atoms with Crippen molar-refractivity contribution in [3.05, 3.63) is 29.3 Å². The number of carbonyl (C=O) groups excluding carboxylic acids is 2. The molecule has 1 aromatic carbocycles. The van der Waals surface area contributed by atoms with Gasteiger partial charge >= 0.3 is 6.03 Å². The van der Waals surface area contributed by atoms with Crippen LogP contribution in [0.4, 0.5) is 10.5 Å². The van der Waals surface area contributed by atoms with Crippen molar-refractivity contribution >= 4 is 29.2 Å². The van der Waals surface area contributed by atoms with Crippen molar-refractivity contribution in [3.8, 4) is 0 Å². The molecule has 2 saturated heterocycles. The molecule has 0 spiro atoms. The predicted octanol–water partition coefficient (Wildman–Crippen LogP) is 3.28. The smallest absolute Gasteiger partial charge is 0.322 e. The fraction of sp³-hybridized carbons (Fsp3) is 0.600. The Morgan fingerprint density at radius 1 is 1.15 bits per heavy atom. The molecule has 3 rings (SSSR count). The molecule has 0 radical (unpaired) electrons. The number of urea groups is 1. The third kappa shape index (κ3) is 5.36. The van der Waals surface area contributed by atoms with E-state index in [1.165, 1.54) is 32.4 Å². The van der Waals surface area contributed by atoms with Crippen LogP contribution in [0.2, 0.25) is 5.02 Å². The van der Waals surface area contributed by atoms with Crippen molar-refractivity contribution in [2.45, 2.75) is 38.6 Å².